The Morgan fingerprint density at radius 2 is 2.00 bits per heavy atom. The van der Waals surface area contributed by atoms with Crippen LogP contribution in [0.5, 0.6) is 0 Å². The maximum Gasteiger partial charge on any atom is 0.0785 e. The van der Waals surface area contributed by atoms with Gasteiger partial charge in [0.15, 0.2) is 0 Å². The van der Waals surface area contributed by atoms with Crippen molar-refractivity contribution in [2.75, 3.05) is 6.54 Å². The highest BCUT2D eigenvalue weighted by Crippen LogP contribution is 2.22. The Morgan fingerprint density at radius 3 is 2.57 bits per heavy atom. The molecule has 1 aliphatic heterocycles. The van der Waals surface area contributed by atoms with Crippen LogP contribution < -0.4 is 5.32 Å². The molecule has 0 amide bonds. The first kappa shape index (κ1) is 13.6. The van der Waals surface area contributed by atoms with Crippen molar-refractivity contribution in [1.82, 2.24) is 15.3 Å². The molecule has 5 heteroatoms. The Hall–Kier alpha value is -0.380. The van der Waals surface area contributed by atoms with Gasteiger partial charge in [-0.2, -0.15) is 0 Å². The Kier molecular flexibility index (Phi) is 6.00. The van der Waals surface area contributed by atoms with Crippen molar-refractivity contribution in [1.29, 1.82) is 0 Å². The third kappa shape index (κ3) is 2.80. The molecule has 1 aromatic rings. The average Bonchev–Trinajstić information content (AvgIpc) is 2.57. The first-order valence-corrected chi connectivity index (χ1v) is 4.39. The Balaban J connectivity index is 0.000000845. The molecule has 1 saturated heterocycles. The van der Waals surface area contributed by atoms with Gasteiger partial charge in [-0.3, -0.25) is 9.97 Å². The van der Waals surface area contributed by atoms with Crippen LogP contribution in [0.2, 0.25) is 0 Å². The first-order valence-electron chi connectivity index (χ1n) is 4.39. The molecule has 1 aliphatic rings. The fourth-order valence-electron chi connectivity index (χ4n) is 1.68. The monoisotopic (exact) mass is 235 g/mol. The minimum absolute atomic E-state index is 0. The molecule has 1 N–H and O–H groups in total. The smallest absolute Gasteiger partial charge is 0.0785 e. The second-order valence-corrected chi connectivity index (χ2v) is 3.18. The van der Waals surface area contributed by atoms with Gasteiger partial charge in [-0.05, 0) is 26.3 Å². The van der Waals surface area contributed by atoms with E-state index in [1.807, 2.05) is 6.92 Å². The van der Waals surface area contributed by atoms with E-state index in [-0.39, 0.29) is 24.8 Å². The molecule has 1 unspecified atom stereocenters. The normalized spacial score (nSPS) is 19.6. The lowest BCUT2D eigenvalue weighted by Gasteiger charge is -2.10. The zero-order valence-corrected chi connectivity index (χ0v) is 9.70. The summed E-state index contributed by atoms with van der Waals surface area (Å²) in [5.74, 6) is 0. The zero-order chi connectivity index (χ0) is 8.39. The van der Waals surface area contributed by atoms with Gasteiger partial charge in [0.2, 0.25) is 0 Å². The molecule has 0 bridgehead atoms. The number of aryl methyl sites for hydroxylation is 1. The van der Waals surface area contributed by atoms with Crippen LogP contribution in [0.15, 0.2) is 12.4 Å². The molecule has 0 aromatic carbocycles. The van der Waals surface area contributed by atoms with Gasteiger partial charge in [0.25, 0.3) is 0 Å². The molecule has 0 aliphatic carbocycles. The summed E-state index contributed by atoms with van der Waals surface area (Å²) in [6.45, 7) is 3.13. The summed E-state index contributed by atoms with van der Waals surface area (Å²) in [5.41, 5.74) is 2.17. The average molecular weight is 236 g/mol. The molecule has 2 rings (SSSR count). The molecule has 3 nitrogen and oxygen atoms in total. The molecule has 1 fully saturated rings. The molecule has 1 aromatic heterocycles. The Labute approximate surface area is 96.5 Å². The van der Waals surface area contributed by atoms with Gasteiger partial charge in [-0.15, -0.1) is 24.8 Å². The summed E-state index contributed by atoms with van der Waals surface area (Å²) >= 11 is 0. The Morgan fingerprint density at radius 1 is 1.29 bits per heavy atom. The van der Waals surface area contributed by atoms with Crippen LogP contribution in [0, 0.1) is 6.92 Å². The number of rotatable bonds is 1. The maximum atomic E-state index is 4.34. The van der Waals surface area contributed by atoms with E-state index in [1.54, 1.807) is 12.4 Å². The molecule has 14 heavy (non-hydrogen) atoms. The molecular formula is C9H15Cl2N3. The van der Waals surface area contributed by atoms with E-state index in [1.165, 1.54) is 12.8 Å². The summed E-state index contributed by atoms with van der Waals surface area (Å²) in [6, 6.07) is 0.443. The fraction of sp³-hybridized carbons (Fsp3) is 0.556. The van der Waals surface area contributed by atoms with E-state index in [9.17, 15) is 0 Å². The van der Waals surface area contributed by atoms with Crippen molar-refractivity contribution < 1.29 is 0 Å². The second-order valence-electron chi connectivity index (χ2n) is 3.18. The van der Waals surface area contributed by atoms with E-state index >= 15 is 0 Å². The molecule has 0 saturated carbocycles. The van der Waals surface area contributed by atoms with Crippen molar-refractivity contribution in [3.05, 3.63) is 23.8 Å². The van der Waals surface area contributed by atoms with E-state index in [0.717, 1.165) is 17.9 Å². The predicted molar refractivity (Wildman–Crippen MR) is 61.2 cm³/mol. The van der Waals surface area contributed by atoms with Gasteiger partial charge in [0.1, 0.15) is 0 Å². The summed E-state index contributed by atoms with van der Waals surface area (Å²) in [6.07, 6.45) is 5.95. The number of hydrogen-bond acceptors (Lipinski definition) is 3. The van der Waals surface area contributed by atoms with Crippen molar-refractivity contribution >= 4 is 24.8 Å². The van der Waals surface area contributed by atoms with Gasteiger partial charge in [-0.1, -0.05) is 0 Å². The zero-order valence-electron chi connectivity index (χ0n) is 8.06. The lowest BCUT2D eigenvalue weighted by molar-refractivity contribution is 0.618. The van der Waals surface area contributed by atoms with Crippen molar-refractivity contribution in [2.24, 2.45) is 0 Å². The van der Waals surface area contributed by atoms with Gasteiger partial charge in [0, 0.05) is 12.4 Å². The van der Waals surface area contributed by atoms with Crippen LogP contribution in [0.25, 0.3) is 0 Å². The molecule has 1 atom stereocenters. The topological polar surface area (TPSA) is 37.8 Å². The Bertz CT molecular complexity index is 275. The highest BCUT2D eigenvalue weighted by Gasteiger charge is 2.18. The minimum atomic E-state index is 0. The highest BCUT2D eigenvalue weighted by molar-refractivity contribution is 5.85. The lowest BCUT2D eigenvalue weighted by Crippen LogP contribution is -2.15. The molecule has 0 radical (unpaired) electrons. The van der Waals surface area contributed by atoms with Crippen LogP contribution in [-0.4, -0.2) is 16.5 Å². The number of aromatic nitrogens is 2. The predicted octanol–water partition coefficient (Wildman–Crippen LogP) is 2.05. The first-order chi connectivity index (χ1) is 5.88. The number of hydrogen-bond donors (Lipinski definition) is 1. The molecule has 0 spiro atoms. The molecule has 80 valence electrons. The highest BCUT2D eigenvalue weighted by atomic mass is 35.5. The van der Waals surface area contributed by atoms with Crippen molar-refractivity contribution in [2.45, 2.75) is 25.8 Å². The third-order valence-electron chi connectivity index (χ3n) is 2.31. The largest absolute Gasteiger partial charge is 0.309 e. The fourth-order valence-corrected chi connectivity index (χ4v) is 1.68. The number of nitrogens with zero attached hydrogens (tertiary/aromatic N) is 2. The van der Waals surface area contributed by atoms with E-state index in [2.05, 4.69) is 15.3 Å². The minimum Gasteiger partial charge on any atom is -0.309 e. The SMILES string of the molecule is Cc1nccnc1C1CCCN1.Cl.Cl. The van der Waals surface area contributed by atoms with Crippen molar-refractivity contribution in [3.63, 3.8) is 0 Å². The standard InChI is InChI=1S/C9H13N3.2ClH/c1-7-9(12-6-5-10-7)8-3-2-4-11-8;;/h5-6,8,11H,2-4H2,1H3;2*1H. The van der Waals surface area contributed by atoms with Gasteiger partial charge >= 0.3 is 0 Å². The molecule has 2 heterocycles. The van der Waals surface area contributed by atoms with E-state index in [4.69, 9.17) is 0 Å². The summed E-state index contributed by atoms with van der Waals surface area (Å²) in [4.78, 5) is 8.56. The van der Waals surface area contributed by atoms with Crippen LogP contribution in [0.3, 0.4) is 0 Å². The summed E-state index contributed by atoms with van der Waals surface area (Å²) in [7, 11) is 0. The van der Waals surface area contributed by atoms with Gasteiger partial charge in [-0.25, -0.2) is 0 Å². The van der Waals surface area contributed by atoms with Crippen molar-refractivity contribution in [3.8, 4) is 0 Å². The maximum absolute atomic E-state index is 4.34. The van der Waals surface area contributed by atoms with Crippen LogP contribution in [0.1, 0.15) is 30.3 Å². The number of halogens is 2. The van der Waals surface area contributed by atoms with Crippen LogP contribution in [0.4, 0.5) is 0 Å². The van der Waals surface area contributed by atoms with E-state index < -0.39 is 0 Å². The number of nitrogens with one attached hydrogen (secondary N) is 1. The van der Waals surface area contributed by atoms with Crippen LogP contribution in [-0.2, 0) is 0 Å². The third-order valence-corrected chi connectivity index (χ3v) is 2.31. The summed E-state index contributed by atoms with van der Waals surface area (Å²) < 4.78 is 0. The lowest BCUT2D eigenvalue weighted by atomic mass is 10.1. The quantitative estimate of drug-likeness (QED) is 0.810. The van der Waals surface area contributed by atoms with E-state index in [0.29, 0.717) is 6.04 Å². The molecular weight excluding hydrogens is 221 g/mol. The second kappa shape index (κ2) is 6.17. The summed E-state index contributed by atoms with van der Waals surface area (Å²) in [5, 5.41) is 3.41. The van der Waals surface area contributed by atoms with Gasteiger partial charge in [0.05, 0.1) is 17.4 Å². The van der Waals surface area contributed by atoms with Crippen LogP contribution >= 0.6 is 24.8 Å². The van der Waals surface area contributed by atoms with Gasteiger partial charge < -0.3 is 5.32 Å².